The minimum atomic E-state index is -0.751. The van der Waals surface area contributed by atoms with E-state index in [1.807, 2.05) is 49.4 Å². The second kappa shape index (κ2) is 11.2. The minimum absolute atomic E-state index is 0.108. The molecule has 0 atom stereocenters. The summed E-state index contributed by atoms with van der Waals surface area (Å²) in [6.07, 6.45) is 3.39. The third kappa shape index (κ3) is 5.56. The summed E-state index contributed by atoms with van der Waals surface area (Å²) in [5.74, 6) is -2.10. The van der Waals surface area contributed by atoms with Crippen molar-refractivity contribution in [2.45, 2.75) is 19.8 Å². The molecule has 3 aromatic carbocycles. The van der Waals surface area contributed by atoms with Crippen LogP contribution < -0.4 is 10.9 Å². The van der Waals surface area contributed by atoms with Crippen molar-refractivity contribution in [2.24, 2.45) is 0 Å². The van der Waals surface area contributed by atoms with Gasteiger partial charge in [0.05, 0.1) is 21.7 Å². The van der Waals surface area contributed by atoms with Crippen LogP contribution in [0.25, 0.3) is 22.6 Å². The number of fused-ring (bicyclic) bond motifs is 2. The summed E-state index contributed by atoms with van der Waals surface area (Å²) in [5.41, 5.74) is 10.1. The standard InChI is InChI=1S/C30H24N4O6/c1-18-6-8-19(9-7-18)16-21-12-15-24-27(23-4-2-3-5-25(23)31-28(21)24)30(37)40-17-26(35)32-33-29(36)20-10-13-22(14-11-20)34(38)39/h2-11,13-14,16H,12,15,17H2,1H3,(H,32,35)(H,33,36)/b21-16+. The van der Waals surface area contributed by atoms with E-state index in [4.69, 9.17) is 9.72 Å². The topological polar surface area (TPSA) is 141 Å². The van der Waals surface area contributed by atoms with Crippen LogP contribution in [0.3, 0.4) is 0 Å². The molecule has 0 unspecified atom stereocenters. The summed E-state index contributed by atoms with van der Waals surface area (Å²) < 4.78 is 5.35. The lowest BCUT2D eigenvalue weighted by Gasteiger charge is -2.13. The molecule has 10 heteroatoms. The molecule has 2 amide bonds. The Bertz CT molecular complexity index is 1680. The lowest BCUT2D eigenvalue weighted by atomic mass is 10.0. The summed E-state index contributed by atoms with van der Waals surface area (Å²) in [6, 6.07) is 20.3. The Morgan fingerprint density at radius 2 is 1.70 bits per heavy atom. The van der Waals surface area contributed by atoms with Crippen molar-refractivity contribution in [3.8, 4) is 0 Å². The van der Waals surface area contributed by atoms with E-state index in [2.05, 4.69) is 16.9 Å². The molecule has 40 heavy (non-hydrogen) atoms. The maximum Gasteiger partial charge on any atom is 0.339 e. The second-order valence-corrected chi connectivity index (χ2v) is 9.29. The zero-order chi connectivity index (χ0) is 28.2. The summed E-state index contributed by atoms with van der Waals surface area (Å²) in [5, 5.41) is 11.4. The van der Waals surface area contributed by atoms with Crippen molar-refractivity contribution in [1.82, 2.24) is 15.8 Å². The molecule has 0 aliphatic heterocycles. The summed E-state index contributed by atoms with van der Waals surface area (Å²) in [4.78, 5) is 52.8. The van der Waals surface area contributed by atoms with Crippen molar-refractivity contribution in [2.75, 3.05) is 6.61 Å². The van der Waals surface area contributed by atoms with Gasteiger partial charge >= 0.3 is 5.97 Å². The fourth-order valence-electron chi connectivity index (χ4n) is 4.55. The van der Waals surface area contributed by atoms with E-state index in [-0.39, 0.29) is 11.3 Å². The number of amides is 2. The Morgan fingerprint density at radius 3 is 2.42 bits per heavy atom. The van der Waals surface area contributed by atoms with Crippen LogP contribution in [0.5, 0.6) is 0 Å². The smallest absolute Gasteiger partial charge is 0.339 e. The Balaban J connectivity index is 1.30. The fraction of sp³-hybridized carbons (Fsp3) is 0.133. The lowest BCUT2D eigenvalue weighted by Crippen LogP contribution is -2.43. The molecule has 1 aliphatic carbocycles. The number of pyridine rings is 1. The van der Waals surface area contributed by atoms with Crippen molar-refractivity contribution in [3.63, 3.8) is 0 Å². The Hall–Kier alpha value is -5.38. The van der Waals surface area contributed by atoms with Gasteiger partial charge in [0.2, 0.25) is 0 Å². The number of allylic oxidation sites excluding steroid dienone is 1. The maximum absolute atomic E-state index is 13.3. The van der Waals surface area contributed by atoms with Gasteiger partial charge in [0.1, 0.15) is 0 Å². The van der Waals surface area contributed by atoms with Gasteiger partial charge in [0.15, 0.2) is 6.61 Å². The molecule has 0 fully saturated rings. The molecule has 1 aliphatic rings. The molecule has 10 nitrogen and oxygen atoms in total. The number of para-hydroxylation sites is 1. The van der Waals surface area contributed by atoms with E-state index in [0.29, 0.717) is 29.3 Å². The van der Waals surface area contributed by atoms with Crippen molar-refractivity contribution in [1.29, 1.82) is 0 Å². The molecule has 1 heterocycles. The number of hydrogen-bond donors (Lipinski definition) is 2. The highest BCUT2D eigenvalue weighted by Crippen LogP contribution is 2.37. The predicted molar refractivity (Wildman–Crippen MR) is 148 cm³/mol. The quantitative estimate of drug-likeness (QED) is 0.209. The SMILES string of the molecule is Cc1ccc(/C=C2\CCc3c2nc2ccccc2c3C(=O)OCC(=O)NNC(=O)c2ccc([N+](=O)[O-])cc2)cc1. The first-order valence-corrected chi connectivity index (χ1v) is 12.5. The number of nitro groups is 1. The van der Waals surface area contributed by atoms with Gasteiger partial charge in [0.25, 0.3) is 17.5 Å². The molecule has 200 valence electrons. The van der Waals surface area contributed by atoms with Gasteiger partial charge in [-0.1, -0.05) is 48.0 Å². The molecule has 4 aromatic rings. The summed E-state index contributed by atoms with van der Waals surface area (Å²) in [7, 11) is 0. The van der Waals surface area contributed by atoms with Gasteiger partial charge in [-0.2, -0.15) is 0 Å². The molecule has 1 aromatic heterocycles. The zero-order valence-corrected chi connectivity index (χ0v) is 21.5. The van der Waals surface area contributed by atoms with Crippen LogP contribution in [0.1, 0.15) is 49.5 Å². The minimum Gasteiger partial charge on any atom is -0.452 e. The van der Waals surface area contributed by atoms with Crippen LogP contribution in [0.2, 0.25) is 0 Å². The predicted octanol–water partition coefficient (Wildman–Crippen LogP) is 4.56. The molecule has 0 saturated carbocycles. The normalized spacial score (nSPS) is 13.1. The number of rotatable bonds is 6. The maximum atomic E-state index is 13.3. The summed E-state index contributed by atoms with van der Waals surface area (Å²) >= 11 is 0. The number of nitrogens with zero attached hydrogens (tertiary/aromatic N) is 2. The van der Waals surface area contributed by atoms with E-state index >= 15 is 0 Å². The van der Waals surface area contributed by atoms with Gasteiger partial charge < -0.3 is 4.74 Å². The van der Waals surface area contributed by atoms with Gasteiger partial charge in [-0.25, -0.2) is 9.78 Å². The molecule has 2 N–H and O–H groups in total. The van der Waals surface area contributed by atoms with Crippen LogP contribution in [0, 0.1) is 17.0 Å². The first-order valence-electron chi connectivity index (χ1n) is 12.5. The average Bonchev–Trinajstić information content (AvgIpc) is 3.36. The largest absolute Gasteiger partial charge is 0.452 e. The molecule has 0 bridgehead atoms. The van der Waals surface area contributed by atoms with Crippen LogP contribution >= 0.6 is 0 Å². The van der Waals surface area contributed by atoms with E-state index in [1.54, 1.807) is 6.07 Å². The number of hydrogen-bond acceptors (Lipinski definition) is 7. The number of esters is 1. The first kappa shape index (κ1) is 26.2. The molecule has 5 rings (SSSR count). The van der Waals surface area contributed by atoms with Crippen molar-refractivity contribution >= 4 is 46.0 Å². The molecular formula is C30H24N4O6. The van der Waals surface area contributed by atoms with Crippen molar-refractivity contribution in [3.05, 3.63) is 116 Å². The highest BCUT2D eigenvalue weighted by atomic mass is 16.6. The van der Waals surface area contributed by atoms with Crippen LogP contribution in [-0.2, 0) is 16.0 Å². The molecule has 0 saturated heterocycles. The highest BCUT2D eigenvalue weighted by molar-refractivity contribution is 6.07. The number of nitrogens with one attached hydrogen (secondary N) is 2. The number of aromatic nitrogens is 1. The number of nitro benzene ring substituents is 1. The lowest BCUT2D eigenvalue weighted by molar-refractivity contribution is -0.384. The second-order valence-electron chi connectivity index (χ2n) is 9.29. The number of carbonyl (C=O) groups is 3. The number of non-ortho nitro benzene ring substituents is 1. The third-order valence-corrected chi connectivity index (χ3v) is 6.55. The third-order valence-electron chi connectivity index (χ3n) is 6.55. The van der Waals surface area contributed by atoms with E-state index < -0.39 is 29.3 Å². The Labute approximate surface area is 228 Å². The van der Waals surface area contributed by atoms with Crippen LogP contribution in [-0.4, -0.2) is 34.3 Å². The van der Waals surface area contributed by atoms with E-state index in [9.17, 15) is 24.5 Å². The average molecular weight is 537 g/mol. The number of benzene rings is 3. The van der Waals surface area contributed by atoms with E-state index in [1.165, 1.54) is 24.3 Å². The number of hydrazine groups is 1. The highest BCUT2D eigenvalue weighted by Gasteiger charge is 2.28. The van der Waals surface area contributed by atoms with Gasteiger partial charge in [-0.15, -0.1) is 0 Å². The van der Waals surface area contributed by atoms with Crippen LogP contribution in [0.4, 0.5) is 5.69 Å². The van der Waals surface area contributed by atoms with Gasteiger partial charge in [0, 0.05) is 23.1 Å². The number of carbonyl (C=O) groups excluding carboxylic acids is 3. The van der Waals surface area contributed by atoms with Crippen molar-refractivity contribution < 1.29 is 24.0 Å². The van der Waals surface area contributed by atoms with Crippen LogP contribution in [0.15, 0.2) is 72.8 Å². The number of ether oxygens (including phenoxy) is 1. The molecule has 0 radical (unpaired) electrons. The van der Waals surface area contributed by atoms with Gasteiger partial charge in [-0.3, -0.25) is 30.6 Å². The first-order chi connectivity index (χ1) is 19.3. The van der Waals surface area contributed by atoms with E-state index in [0.717, 1.165) is 28.0 Å². The fourth-order valence-corrected chi connectivity index (χ4v) is 4.55. The monoisotopic (exact) mass is 536 g/mol. The molecular weight excluding hydrogens is 512 g/mol. The zero-order valence-electron chi connectivity index (χ0n) is 21.5. The number of aryl methyl sites for hydroxylation is 1. The Morgan fingerprint density at radius 1 is 0.975 bits per heavy atom. The Kier molecular flexibility index (Phi) is 7.32. The van der Waals surface area contributed by atoms with Gasteiger partial charge in [-0.05, 0) is 60.7 Å². The summed E-state index contributed by atoms with van der Waals surface area (Å²) in [6.45, 7) is 1.40. The molecule has 0 spiro atoms.